The maximum absolute atomic E-state index is 10.8. The number of rotatable bonds is 5. The highest BCUT2D eigenvalue weighted by atomic mass is 16.5. The summed E-state index contributed by atoms with van der Waals surface area (Å²) in [7, 11) is 1.66. The molecule has 0 amide bonds. The number of oxazole rings is 1. The first-order valence-corrected chi connectivity index (χ1v) is 5.75. The van der Waals surface area contributed by atoms with Crippen molar-refractivity contribution in [3.05, 3.63) is 29.7 Å². The van der Waals surface area contributed by atoms with Gasteiger partial charge in [-0.3, -0.25) is 0 Å². The van der Waals surface area contributed by atoms with Crippen LogP contribution in [0.1, 0.15) is 29.6 Å². The number of aryl methyl sites for hydroxylation is 1. The van der Waals surface area contributed by atoms with E-state index in [9.17, 15) is 4.79 Å². The Morgan fingerprint density at radius 1 is 1.56 bits per heavy atom. The third kappa shape index (κ3) is 2.68. The van der Waals surface area contributed by atoms with Crippen LogP contribution in [0, 0.1) is 0 Å². The molecule has 1 atom stereocenters. The van der Waals surface area contributed by atoms with Gasteiger partial charge in [-0.1, -0.05) is 0 Å². The van der Waals surface area contributed by atoms with Gasteiger partial charge in [0.15, 0.2) is 11.5 Å². The topological polar surface area (TPSA) is 72.6 Å². The summed E-state index contributed by atoms with van der Waals surface area (Å²) in [6.07, 6.45) is 1.64. The van der Waals surface area contributed by atoms with Crippen molar-refractivity contribution in [2.24, 2.45) is 0 Å². The Kier molecular flexibility index (Phi) is 3.62. The smallest absolute Gasteiger partial charge is 0.335 e. The molecule has 96 valence electrons. The van der Waals surface area contributed by atoms with Crippen molar-refractivity contribution >= 4 is 17.1 Å². The van der Waals surface area contributed by atoms with E-state index in [4.69, 9.17) is 14.3 Å². The van der Waals surface area contributed by atoms with E-state index in [0.717, 1.165) is 6.42 Å². The predicted octanol–water partition coefficient (Wildman–Crippen LogP) is 2.49. The second kappa shape index (κ2) is 5.18. The van der Waals surface area contributed by atoms with Gasteiger partial charge in [-0.2, -0.15) is 0 Å². The van der Waals surface area contributed by atoms with Crippen LogP contribution in [0.2, 0.25) is 0 Å². The molecule has 1 N–H and O–H groups in total. The Hall–Kier alpha value is -1.88. The highest BCUT2D eigenvalue weighted by Gasteiger charge is 2.10. The lowest BCUT2D eigenvalue weighted by Crippen LogP contribution is -2.05. The Morgan fingerprint density at radius 3 is 3.00 bits per heavy atom. The number of fused-ring (bicyclic) bond motifs is 1. The number of carboxylic acids is 1. The molecule has 0 aliphatic rings. The molecule has 0 aliphatic heterocycles. The molecular weight excluding hydrogens is 234 g/mol. The molecule has 0 saturated heterocycles. The quantitative estimate of drug-likeness (QED) is 0.881. The van der Waals surface area contributed by atoms with E-state index in [-0.39, 0.29) is 11.7 Å². The fourth-order valence-corrected chi connectivity index (χ4v) is 1.66. The fourth-order valence-electron chi connectivity index (χ4n) is 1.66. The molecule has 0 spiro atoms. The summed E-state index contributed by atoms with van der Waals surface area (Å²) in [6.45, 7) is 1.98. The summed E-state index contributed by atoms with van der Waals surface area (Å²) in [4.78, 5) is 15.1. The summed E-state index contributed by atoms with van der Waals surface area (Å²) in [5.41, 5.74) is 1.39. The van der Waals surface area contributed by atoms with Crippen LogP contribution < -0.4 is 0 Å². The molecule has 1 unspecified atom stereocenters. The lowest BCUT2D eigenvalue weighted by atomic mass is 10.2. The van der Waals surface area contributed by atoms with Gasteiger partial charge in [-0.15, -0.1) is 0 Å². The normalized spacial score (nSPS) is 12.8. The molecule has 2 aromatic rings. The van der Waals surface area contributed by atoms with Crippen molar-refractivity contribution in [2.45, 2.75) is 25.9 Å². The fraction of sp³-hybridized carbons (Fsp3) is 0.385. The van der Waals surface area contributed by atoms with E-state index < -0.39 is 5.97 Å². The maximum Gasteiger partial charge on any atom is 0.335 e. The number of hydrogen-bond donors (Lipinski definition) is 1. The number of methoxy groups -OCH3 is 1. The second-order valence-corrected chi connectivity index (χ2v) is 4.18. The summed E-state index contributed by atoms with van der Waals surface area (Å²) < 4.78 is 10.7. The number of hydrogen-bond acceptors (Lipinski definition) is 4. The molecule has 1 heterocycles. The average Bonchev–Trinajstić information content (AvgIpc) is 2.77. The van der Waals surface area contributed by atoms with Gasteiger partial charge >= 0.3 is 5.97 Å². The van der Waals surface area contributed by atoms with E-state index in [0.29, 0.717) is 23.4 Å². The number of carboxylic acid groups (broad SMARTS) is 1. The van der Waals surface area contributed by atoms with Crippen LogP contribution in [0.25, 0.3) is 11.1 Å². The second-order valence-electron chi connectivity index (χ2n) is 4.18. The largest absolute Gasteiger partial charge is 0.478 e. The minimum atomic E-state index is -0.970. The highest BCUT2D eigenvalue weighted by Crippen LogP contribution is 2.18. The van der Waals surface area contributed by atoms with Gasteiger partial charge in [0.1, 0.15) is 5.52 Å². The van der Waals surface area contributed by atoms with Crippen LogP contribution in [0.3, 0.4) is 0 Å². The number of aromatic nitrogens is 1. The van der Waals surface area contributed by atoms with E-state index in [1.807, 2.05) is 6.92 Å². The van der Waals surface area contributed by atoms with Gasteiger partial charge in [0.25, 0.3) is 0 Å². The van der Waals surface area contributed by atoms with Crippen LogP contribution in [-0.2, 0) is 11.2 Å². The predicted molar refractivity (Wildman–Crippen MR) is 65.8 cm³/mol. The van der Waals surface area contributed by atoms with Gasteiger partial charge < -0.3 is 14.3 Å². The standard InChI is InChI=1S/C13H15NO4/c1-8(17-2)3-6-12-14-10-5-4-9(13(15)16)7-11(10)18-12/h4-5,7-8H,3,6H2,1-2H3,(H,15,16). The van der Waals surface area contributed by atoms with Gasteiger partial charge in [-0.25, -0.2) is 9.78 Å². The maximum atomic E-state index is 10.8. The first kappa shape index (κ1) is 12.6. The van der Waals surface area contributed by atoms with Crippen LogP contribution in [0.4, 0.5) is 0 Å². The number of aromatic carboxylic acids is 1. The van der Waals surface area contributed by atoms with E-state index in [1.165, 1.54) is 12.1 Å². The number of benzene rings is 1. The van der Waals surface area contributed by atoms with Gasteiger partial charge in [0, 0.05) is 13.5 Å². The highest BCUT2D eigenvalue weighted by molar-refractivity contribution is 5.91. The molecule has 0 saturated carbocycles. The SMILES string of the molecule is COC(C)CCc1nc2ccc(C(=O)O)cc2o1. The summed E-state index contributed by atoms with van der Waals surface area (Å²) in [5, 5.41) is 8.88. The molecule has 2 rings (SSSR count). The zero-order valence-electron chi connectivity index (χ0n) is 10.3. The van der Waals surface area contributed by atoms with Crippen LogP contribution in [-0.4, -0.2) is 29.3 Å². The van der Waals surface area contributed by atoms with Gasteiger partial charge in [-0.05, 0) is 31.5 Å². The molecule has 18 heavy (non-hydrogen) atoms. The Balaban J connectivity index is 2.19. The lowest BCUT2D eigenvalue weighted by molar-refractivity contribution is 0.0697. The van der Waals surface area contributed by atoms with Crippen LogP contribution in [0.15, 0.2) is 22.6 Å². The van der Waals surface area contributed by atoms with Crippen molar-refractivity contribution in [3.8, 4) is 0 Å². The van der Waals surface area contributed by atoms with E-state index in [1.54, 1.807) is 13.2 Å². The van der Waals surface area contributed by atoms with Crippen LogP contribution >= 0.6 is 0 Å². The molecule has 0 aliphatic carbocycles. The number of ether oxygens (including phenoxy) is 1. The number of nitrogens with zero attached hydrogens (tertiary/aromatic N) is 1. The first-order chi connectivity index (χ1) is 8.60. The Labute approximate surface area is 104 Å². The molecule has 5 heteroatoms. The van der Waals surface area contributed by atoms with Gasteiger partial charge in [0.05, 0.1) is 11.7 Å². The van der Waals surface area contributed by atoms with Crippen molar-refractivity contribution in [1.82, 2.24) is 4.98 Å². The zero-order chi connectivity index (χ0) is 13.1. The minimum Gasteiger partial charge on any atom is -0.478 e. The lowest BCUT2D eigenvalue weighted by Gasteiger charge is -2.05. The monoisotopic (exact) mass is 249 g/mol. The van der Waals surface area contributed by atoms with Crippen LogP contribution in [0.5, 0.6) is 0 Å². The van der Waals surface area contributed by atoms with Crippen molar-refractivity contribution < 1.29 is 19.1 Å². The summed E-state index contributed by atoms with van der Waals surface area (Å²) in [6, 6.07) is 4.67. The molecule has 1 aromatic heterocycles. The number of carbonyl (C=O) groups is 1. The average molecular weight is 249 g/mol. The van der Waals surface area contributed by atoms with Gasteiger partial charge in [0.2, 0.25) is 0 Å². The minimum absolute atomic E-state index is 0.148. The molecule has 0 fully saturated rings. The third-order valence-corrected chi connectivity index (χ3v) is 2.85. The summed E-state index contributed by atoms with van der Waals surface area (Å²) >= 11 is 0. The molecule has 1 aromatic carbocycles. The Morgan fingerprint density at radius 2 is 2.33 bits per heavy atom. The molecule has 0 radical (unpaired) electrons. The van der Waals surface area contributed by atoms with E-state index in [2.05, 4.69) is 4.98 Å². The van der Waals surface area contributed by atoms with E-state index >= 15 is 0 Å². The van der Waals surface area contributed by atoms with Crippen molar-refractivity contribution in [3.63, 3.8) is 0 Å². The molecular formula is C13H15NO4. The van der Waals surface area contributed by atoms with Crippen molar-refractivity contribution in [2.75, 3.05) is 7.11 Å². The van der Waals surface area contributed by atoms with Crippen molar-refractivity contribution in [1.29, 1.82) is 0 Å². The zero-order valence-corrected chi connectivity index (χ0v) is 10.3. The first-order valence-electron chi connectivity index (χ1n) is 5.75. The molecule has 0 bridgehead atoms. The Bertz CT molecular complexity index is 561. The molecule has 5 nitrogen and oxygen atoms in total. The third-order valence-electron chi connectivity index (χ3n) is 2.85. The summed E-state index contributed by atoms with van der Waals surface area (Å²) in [5.74, 6) is -0.362.